The topological polar surface area (TPSA) is 37.4 Å². The second kappa shape index (κ2) is 4.23. The van der Waals surface area contributed by atoms with Gasteiger partial charge in [0, 0.05) is 0 Å². The van der Waals surface area contributed by atoms with Crippen molar-refractivity contribution in [3.05, 3.63) is 64.7 Å². The summed E-state index contributed by atoms with van der Waals surface area (Å²) in [7, 11) is 0. The van der Waals surface area contributed by atoms with Gasteiger partial charge in [0.25, 0.3) is 11.8 Å². The van der Waals surface area contributed by atoms with Gasteiger partial charge >= 0.3 is 0 Å². The molecule has 3 nitrogen and oxygen atoms in total. The van der Waals surface area contributed by atoms with Crippen LogP contribution in [0.2, 0.25) is 0 Å². The van der Waals surface area contributed by atoms with Crippen molar-refractivity contribution < 1.29 is 18.4 Å². The van der Waals surface area contributed by atoms with Gasteiger partial charge in [0.05, 0.1) is 16.8 Å². The van der Waals surface area contributed by atoms with Crippen LogP contribution in [0.5, 0.6) is 0 Å². The van der Waals surface area contributed by atoms with Crippen LogP contribution in [0.4, 0.5) is 14.5 Å². The highest BCUT2D eigenvalue weighted by molar-refractivity contribution is 6.34. The van der Waals surface area contributed by atoms with Crippen molar-refractivity contribution in [2.75, 3.05) is 4.90 Å². The highest BCUT2D eigenvalue weighted by Gasteiger charge is 2.38. The van der Waals surface area contributed by atoms with Crippen molar-refractivity contribution in [3.8, 4) is 0 Å². The highest BCUT2D eigenvalue weighted by Crippen LogP contribution is 2.31. The molecule has 0 bridgehead atoms. The molecule has 2 aromatic rings. The Kier molecular flexibility index (Phi) is 2.64. The van der Waals surface area contributed by atoms with E-state index in [9.17, 15) is 18.4 Å². The minimum atomic E-state index is -1.19. The fourth-order valence-electron chi connectivity index (χ4n) is 2.22. The monoisotopic (exact) mass is 273 g/mol. The fourth-order valence-corrected chi connectivity index (χ4v) is 2.22. The number of benzene rings is 2. The minimum Gasteiger partial charge on any atom is -0.268 e. The standard InChI is InChI=1S/C15H9F2NO2/c1-8-6-7-11(13(17)12(8)16)18-14(19)9-4-2-3-5-10(9)15(18)20/h2-7H,1H3. The maximum Gasteiger partial charge on any atom is 0.266 e. The predicted octanol–water partition coefficient (Wildman–Crippen LogP) is 3.07. The van der Waals surface area contributed by atoms with E-state index in [1.807, 2.05) is 0 Å². The number of amides is 2. The number of anilines is 1. The number of fused-ring (bicyclic) bond motifs is 1. The van der Waals surface area contributed by atoms with Crippen LogP contribution >= 0.6 is 0 Å². The maximum atomic E-state index is 14.0. The average molecular weight is 273 g/mol. The van der Waals surface area contributed by atoms with Crippen molar-refractivity contribution in [1.29, 1.82) is 0 Å². The molecule has 1 heterocycles. The maximum absolute atomic E-state index is 14.0. The lowest BCUT2D eigenvalue weighted by atomic mass is 10.1. The summed E-state index contributed by atoms with van der Waals surface area (Å²) < 4.78 is 27.6. The van der Waals surface area contributed by atoms with Crippen LogP contribution in [0.1, 0.15) is 26.3 Å². The summed E-state index contributed by atoms with van der Waals surface area (Å²) in [5.74, 6) is -3.54. The van der Waals surface area contributed by atoms with Crippen molar-refractivity contribution >= 4 is 17.5 Å². The molecule has 1 aliphatic rings. The molecule has 0 saturated heterocycles. The molecule has 2 amide bonds. The number of aryl methyl sites for hydroxylation is 1. The van der Waals surface area contributed by atoms with Gasteiger partial charge in [-0.05, 0) is 30.7 Å². The Hall–Kier alpha value is -2.56. The lowest BCUT2D eigenvalue weighted by molar-refractivity contribution is 0.0924. The first-order chi connectivity index (χ1) is 9.52. The summed E-state index contributed by atoms with van der Waals surface area (Å²) in [4.78, 5) is 25.0. The number of rotatable bonds is 1. The fraction of sp³-hybridized carbons (Fsp3) is 0.0667. The quantitative estimate of drug-likeness (QED) is 0.749. The number of imide groups is 1. The predicted molar refractivity (Wildman–Crippen MR) is 68.7 cm³/mol. The van der Waals surface area contributed by atoms with Crippen molar-refractivity contribution in [1.82, 2.24) is 0 Å². The second-order valence-corrected chi connectivity index (χ2v) is 4.52. The Balaban J connectivity index is 2.17. The zero-order valence-corrected chi connectivity index (χ0v) is 10.5. The van der Waals surface area contributed by atoms with Crippen molar-refractivity contribution in [2.24, 2.45) is 0 Å². The summed E-state index contributed by atoms with van der Waals surface area (Å²) in [6.07, 6.45) is 0. The Morgan fingerprint density at radius 3 is 1.95 bits per heavy atom. The van der Waals surface area contributed by atoms with Crippen molar-refractivity contribution in [3.63, 3.8) is 0 Å². The van der Waals surface area contributed by atoms with E-state index < -0.39 is 23.4 Å². The van der Waals surface area contributed by atoms with Crippen LogP contribution < -0.4 is 4.90 Å². The number of hydrogen-bond donors (Lipinski definition) is 0. The lowest BCUT2D eigenvalue weighted by Gasteiger charge is -2.15. The van der Waals surface area contributed by atoms with Crippen LogP contribution in [0.15, 0.2) is 36.4 Å². The molecule has 0 fully saturated rings. The SMILES string of the molecule is Cc1ccc(N2C(=O)c3ccccc3C2=O)c(F)c1F. The molecule has 0 saturated carbocycles. The highest BCUT2D eigenvalue weighted by atomic mass is 19.2. The van der Waals surface area contributed by atoms with E-state index in [0.717, 1.165) is 0 Å². The van der Waals surface area contributed by atoms with Crippen LogP contribution in [-0.4, -0.2) is 11.8 Å². The van der Waals surface area contributed by atoms with Crippen LogP contribution in [0.25, 0.3) is 0 Å². The van der Waals surface area contributed by atoms with Crippen LogP contribution in [-0.2, 0) is 0 Å². The molecule has 20 heavy (non-hydrogen) atoms. The summed E-state index contributed by atoms with van der Waals surface area (Å²) in [6, 6.07) is 8.75. The van der Waals surface area contributed by atoms with Gasteiger partial charge in [-0.25, -0.2) is 13.7 Å². The summed E-state index contributed by atoms with van der Waals surface area (Å²) >= 11 is 0. The van der Waals surface area contributed by atoms with E-state index in [4.69, 9.17) is 0 Å². The zero-order valence-electron chi connectivity index (χ0n) is 10.5. The molecule has 1 aliphatic heterocycles. The van der Waals surface area contributed by atoms with E-state index >= 15 is 0 Å². The lowest BCUT2D eigenvalue weighted by Crippen LogP contribution is -2.30. The Bertz CT molecular complexity index is 721. The number of halogens is 2. The van der Waals surface area contributed by atoms with E-state index in [1.165, 1.54) is 31.2 Å². The molecule has 2 aromatic carbocycles. The van der Waals surface area contributed by atoms with Gasteiger partial charge in [-0.2, -0.15) is 0 Å². The van der Waals surface area contributed by atoms with E-state index in [1.54, 1.807) is 12.1 Å². The van der Waals surface area contributed by atoms with Crippen LogP contribution in [0, 0.1) is 18.6 Å². The molecule has 0 N–H and O–H groups in total. The molecule has 0 radical (unpaired) electrons. The largest absolute Gasteiger partial charge is 0.268 e. The van der Waals surface area contributed by atoms with Gasteiger partial charge in [0.1, 0.15) is 0 Å². The molecule has 0 aliphatic carbocycles. The van der Waals surface area contributed by atoms with Gasteiger partial charge in [-0.15, -0.1) is 0 Å². The first-order valence-electron chi connectivity index (χ1n) is 5.95. The average Bonchev–Trinajstić information content (AvgIpc) is 2.70. The molecular formula is C15H9F2NO2. The molecule has 3 rings (SSSR count). The molecule has 5 heteroatoms. The number of carbonyl (C=O) groups is 2. The Morgan fingerprint density at radius 2 is 1.40 bits per heavy atom. The first-order valence-corrected chi connectivity index (χ1v) is 5.95. The minimum absolute atomic E-state index is 0.114. The summed E-state index contributed by atoms with van der Waals surface area (Å²) in [6.45, 7) is 1.41. The van der Waals surface area contributed by atoms with Crippen molar-refractivity contribution in [2.45, 2.75) is 6.92 Å². The number of carbonyl (C=O) groups excluding carboxylic acids is 2. The molecule has 0 aromatic heterocycles. The first kappa shape index (κ1) is 12.5. The molecule has 100 valence electrons. The van der Waals surface area contributed by atoms with E-state index in [0.29, 0.717) is 4.90 Å². The van der Waals surface area contributed by atoms with E-state index in [-0.39, 0.29) is 22.4 Å². The summed E-state index contributed by atoms with van der Waals surface area (Å²) in [5, 5.41) is 0. The number of hydrogen-bond acceptors (Lipinski definition) is 2. The number of nitrogens with zero attached hydrogens (tertiary/aromatic N) is 1. The third kappa shape index (κ3) is 1.56. The molecular weight excluding hydrogens is 264 g/mol. The van der Waals surface area contributed by atoms with Gasteiger partial charge < -0.3 is 0 Å². The third-order valence-electron chi connectivity index (χ3n) is 3.29. The van der Waals surface area contributed by atoms with Gasteiger partial charge in [-0.1, -0.05) is 18.2 Å². The second-order valence-electron chi connectivity index (χ2n) is 4.52. The third-order valence-corrected chi connectivity index (χ3v) is 3.29. The van der Waals surface area contributed by atoms with Gasteiger partial charge in [-0.3, -0.25) is 9.59 Å². The Labute approximate surface area is 113 Å². The Morgan fingerprint density at radius 1 is 0.850 bits per heavy atom. The molecule has 0 spiro atoms. The van der Waals surface area contributed by atoms with Gasteiger partial charge in [0.2, 0.25) is 0 Å². The van der Waals surface area contributed by atoms with Crippen LogP contribution in [0.3, 0.4) is 0 Å². The molecule has 0 unspecified atom stereocenters. The smallest absolute Gasteiger partial charge is 0.266 e. The zero-order chi connectivity index (χ0) is 14.4. The summed E-state index contributed by atoms with van der Waals surface area (Å²) in [5.41, 5.74) is 0.137. The van der Waals surface area contributed by atoms with E-state index in [2.05, 4.69) is 0 Å². The van der Waals surface area contributed by atoms with Gasteiger partial charge in [0.15, 0.2) is 11.6 Å². The molecule has 0 atom stereocenters. The normalized spacial score (nSPS) is 13.8.